The fourth-order valence-corrected chi connectivity index (χ4v) is 2.48. The fourth-order valence-electron chi connectivity index (χ4n) is 2.48. The van der Waals surface area contributed by atoms with Crippen molar-refractivity contribution in [1.82, 2.24) is 5.32 Å². The Bertz CT molecular complexity index is 308. The van der Waals surface area contributed by atoms with E-state index in [1.165, 1.54) is 7.11 Å². The SMILES string of the molecule is CO[C@H]1C(O)N[C@@]2([C@@H](O)C(C)C)C(=O)O[C@@H]12. The summed E-state index contributed by atoms with van der Waals surface area (Å²) in [6.45, 7) is 3.60. The van der Waals surface area contributed by atoms with Gasteiger partial charge in [-0.3, -0.25) is 5.32 Å². The first-order valence-electron chi connectivity index (χ1n) is 5.33. The summed E-state index contributed by atoms with van der Waals surface area (Å²) in [6.07, 6.45) is -3.17. The van der Waals surface area contributed by atoms with Gasteiger partial charge in [-0.15, -0.1) is 0 Å². The van der Waals surface area contributed by atoms with Gasteiger partial charge in [0.1, 0.15) is 12.3 Å². The minimum atomic E-state index is -1.21. The number of nitrogens with one attached hydrogen (secondary N) is 1. The number of aliphatic hydroxyl groups excluding tert-OH is 2. The van der Waals surface area contributed by atoms with Crippen molar-refractivity contribution in [1.29, 1.82) is 0 Å². The van der Waals surface area contributed by atoms with E-state index >= 15 is 0 Å². The average Bonchev–Trinajstić information content (AvgIpc) is 2.46. The van der Waals surface area contributed by atoms with Gasteiger partial charge in [0.2, 0.25) is 0 Å². The standard InChI is InChI=1S/C10H17NO5/c1-4(2)6(12)10-7(16-9(10)14)5(15-3)8(13)11-10/h4-8,11-13H,1-3H3/t5-,6+,7+,8?,10-/m1/s1. The van der Waals surface area contributed by atoms with Crippen LogP contribution in [0.4, 0.5) is 0 Å². The zero-order valence-corrected chi connectivity index (χ0v) is 9.51. The van der Waals surface area contributed by atoms with Crippen molar-refractivity contribution < 1.29 is 24.5 Å². The van der Waals surface area contributed by atoms with Crippen LogP contribution < -0.4 is 5.32 Å². The van der Waals surface area contributed by atoms with E-state index in [1.54, 1.807) is 13.8 Å². The van der Waals surface area contributed by atoms with Crippen LogP contribution in [0, 0.1) is 5.92 Å². The van der Waals surface area contributed by atoms with Gasteiger partial charge in [-0.25, -0.2) is 4.79 Å². The van der Waals surface area contributed by atoms with Crippen LogP contribution in [0.15, 0.2) is 0 Å². The van der Waals surface area contributed by atoms with E-state index < -0.39 is 36.0 Å². The van der Waals surface area contributed by atoms with Gasteiger partial charge in [-0.2, -0.15) is 0 Å². The van der Waals surface area contributed by atoms with Crippen molar-refractivity contribution in [3.05, 3.63) is 0 Å². The molecule has 0 aromatic rings. The molecule has 0 aliphatic carbocycles. The van der Waals surface area contributed by atoms with Crippen molar-refractivity contribution in [2.24, 2.45) is 5.92 Å². The molecule has 0 spiro atoms. The fraction of sp³-hybridized carbons (Fsp3) is 0.900. The molecular weight excluding hydrogens is 214 g/mol. The van der Waals surface area contributed by atoms with Crippen molar-refractivity contribution in [2.75, 3.05) is 7.11 Å². The summed E-state index contributed by atoms with van der Waals surface area (Å²) >= 11 is 0. The predicted molar refractivity (Wildman–Crippen MR) is 53.4 cm³/mol. The molecule has 0 aromatic carbocycles. The molecule has 0 amide bonds. The van der Waals surface area contributed by atoms with Crippen molar-refractivity contribution in [3.8, 4) is 0 Å². The molecule has 0 saturated carbocycles. The van der Waals surface area contributed by atoms with E-state index in [1.807, 2.05) is 0 Å². The maximum atomic E-state index is 11.6. The molecule has 16 heavy (non-hydrogen) atoms. The van der Waals surface area contributed by atoms with Crippen LogP contribution >= 0.6 is 0 Å². The van der Waals surface area contributed by atoms with Gasteiger partial charge in [0.25, 0.3) is 0 Å². The Hall–Kier alpha value is -0.690. The highest BCUT2D eigenvalue weighted by Crippen LogP contribution is 2.42. The highest BCUT2D eigenvalue weighted by molar-refractivity contribution is 5.89. The van der Waals surface area contributed by atoms with Crippen molar-refractivity contribution >= 4 is 5.97 Å². The Morgan fingerprint density at radius 1 is 1.56 bits per heavy atom. The van der Waals surface area contributed by atoms with Gasteiger partial charge in [0, 0.05) is 7.11 Å². The van der Waals surface area contributed by atoms with E-state index in [4.69, 9.17) is 9.47 Å². The lowest BCUT2D eigenvalue weighted by Gasteiger charge is -2.46. The average molecular weight is 231 g/mol. The molecule has 2 saturated heterocycles. The largest absolute Gasteiger partial charge is 0.455 e. The van der Waals surface area contributed by atoms with Crippen LogP contribution in [0.2, 0.25) is 0 Å². The summed E-state index contributed by atoms with van der Waals surface area (Å²) < 4.78 is 10.0. The molecule has 6 nitrogen and oxygen atoms in total. The second-order valence-electron chi connectivity index (χ2n) is 4.67. The molecule has 1 unspecified atom stereocenters. The Morgan fingerprint density at radius 3 is 2.62 bits per heavy atom. The van der Waals surface area contributed by atoms with Crippen LogP contribution in [0.5, 0.6) is 0 Å². The van der Waals surface area contributed by atoms with E-state index in [-0.39, 0.29) is 5.92 Å². The van der Waals surface area contributed by atoms with Gasteiger partial charge >= 0.3 is 5.97 Å². The van der Waals surface area contributed by atoms with Gasteiger partial charge in [-0.1, -0.05) is 13.8 Å². The smallest absolute Gasteiger partial charge is 0.333 e. The summed E-state index contributed by atoms with van der Waals surface area (Å²) in [5, 5.41) is 22.5. The molecule has 0 aromatic heterocycles. The van der Waals surface area contributed by atoms with Gasteiger partial charge < -0.3 is 19.7 Å². The third-order valence-corrected chi connectivity index (χ3v) is 3.39. The number of methoxy groups -OCH3 is 1. The molecule has 2 aliphatic rings. The molecule has 0 bridgehead atoms. The van der Waals surface area contributed by atoms with Crippen LogP contribution in [-0.2, 0) is 14.3 Å². The number of hydrogen-bond acceptors (Lipinski definition) is 6. The lowest BCUT2D eigenvalue weighted by atomic mass is 9.78. The predicted octanol–water partition coefficient (Wildman–Crippen LogP) is -1.40. The number of fused-ring (bicyclic) bond motifs is 1. The highest BCUT2D eigenvalue weighted by Gasteiger charge is 2.72. The van der Waals surface area contributed by atoms with E-state index in [9.17, 15) is 15.0 Å². The van der Waals surface area contributed by atoms with E-state index in [2.05, 4.69) is 5.32 Å². The minimum absolute atomic E-state index is 0.120. The number of hydrogen-bond donors (Lipinski definition) is 3. The Labute approximate surface area is 93.5 Å². The number of carbonyl (C=O) groups is 1. The van der Waals surface area contributed by atoms with Gasteiger partial charge in [0.05, 0.1) is 6.10 Å². The van der Waals surface area contributed by atoms with Gasteiger partial charge in [-0.05, 0) is 5.92 Å². The number of carbonyl (C=O) groups excluding carboxylic acids is 1. The van der Waals surface area contributed by atoms with Crippen LogP contribution in [0.1, 0.15) is 13.8 Å². The highest BCUT2D eigenvalue weighted by atomic mass is 16.6. The van der Waals surface area contributed by atoms with E-state index in [0.29, 0.717) is 0 Å². The van der Waals surface area contributed by atoms with E-state index in [0.717, 1.165) is 0 Å². The third kappa shape index (κ3) is 1.24. The molecule has 5 atom stereocenters. The lowest BCUT2D eigenvalue weighted by Crippen LogP contribution is -2.74. The second-order valence-corrected chi connectivity index (χ2v) is 4.67. The monoisotopic (exact) mass is 231 g/mol. The molecular formula is C10H17NO5. The Morgan fingerprint density at radius 2 is 2.19 bits per heavy atom. The summed E-state index contributed by atoms with van der Waals surface area (Å²) in [6, 6.07) is 0. The maximum Gasteiger partial charge on any atom is 0.333 e. The summed E-state index contributed by atoms with van der Waals surface area (Å²) in [7, 11) is 1.43. The molecule has 2 heterocycles. The number of aliphatic hydroxyl groups is 2. The molecule has 0 radical (unpaired) electrons. The quantitative estimate of drug-likeness (QED) is 0.518. The molecule has 3 N–H and O–H groups in total. The Balaban J connectivity index is 2.28. The minimum Gasteiger partial charge on any atom is -0.455 e. The number of rotatable bonds is 3. The first kappa shape index (κ1) is 11.8. The van der Waals surface area contributed by atoms with Crippen LogP contribution in [0.3, 0.4) is 0 Å². The van der Waals surface area contributed by atoms with Crippen LogP contribution in [-0.4, -0.2) is 53.4 Å². The molecule has 92 valence electrons. The van der Waals surface area contributed by atoms with Crippen molar-refractivity contribution in [3.63, 3.8) is 0 Å². The maximum absolute atomic E-state index is 11.6. The summed E-state index contributed by atoms with van der Waals surface area (Å²) in [5.74, 6) is -0.650. The first-order valence-corrected chi connectivity index (χ1v) is 5.33. The normalized spacial score (nSPS) is 43.9. The molecule has 2 fully saturated rings. The second kappa shape index (κ2) is 3.66. The van der Waals surface area contributed by atoms with Crippen molar-refractivity contribution in [2.45, 2.75) is 43.9 Å². The zero-order chi connectivity index (χ0) is 12.1. The van der Waals surface area contributed by atoms with Crippen LogP contribution in [0.25, 0.3) is 0 Å². The topological polar surface area (TPSA) is 88.0 Å². The lowest BCUT2D eigenvalue weighted by molar-refractivity contribution is -0.213. The molecule has 2 aliphatic heterocycles. The molecule has 6 heteroatoms. The number of esters is 1. The Kier molecular flexibility index (Phi) is 2.70. The van der Waals surface area contributed by atoms with Gasteiger partial charge in [0.15, 0.2) is 11.6 Å². The number of ether oxygens (including phenoxy) is 2. The first-order chi connectivity index (χ1) is 7.45. The molecule has 2 rings (SSSR count). The zero-order valence-electron chi connectivity index (χ0n) is 9.51. The third-order valence-electron chi connectivity index (χ3n) is 3.39. The summed E-state index contributed by atoms with van der Waals surface area (Å²) in [4.78, 5) is 11.6. The summed E-state index contributed by atoms with van der Waals surface area (Å²) in [5.41, 5.74) is -1.21.